The molecule has 0 aliphatic carbocycles. The van der Waals surface area contributed by atoms with Crippen LogP contribution in [-0.4, -0.2) is 73.3 Å². The molecule has 0 fully saturated rings. The van der Waals surface area contributed by atoms with Crippen molar-refractivity contribution in [1.29, 1.82) is 0 Å². The van der Waals surface area contributed by atoms with Crippen molar-refractivity contribution in [1.82, 2.24) is 0 Å². The van der Waals surface area contributed by atoms with E-state index in [1.807, 2.05) is 13.8 Å². The molecule has 8 nitrogen and oxygen atoms in total. The predicted octanol–water partition coefficient (Wildman–Crippen LogP) is 4.15. The molecule has 0 aliphatic rings. The Morgan fingerprint density at radius 2 is 1.06 bits per heavy atom. The van der Waals surface area contributed by atoms with Crippen molar-refractivity contribution in [2.75, 3.05) is 49.4 Å². The zero-order valence-electron chi connectivity index (χ0n) is 19.9. The summed E-state index contributed by atoms with van der Waals surface area (Å²) >= 11 is 2.84. The van der Waals surface area contributed by atoms with Crippen LogP contribution >= 0.6 is 23.5 Å². The summed E-state index contributed by atoms with van der Waals surface area (Å²) in [4.78, 5) is 47.7. The summed E-state index contributed by atoms with van der Waals surface area (Å²) in [6.45, 7) is 5.07. The first-order valence-electron chi connectivity index (χ1n) is 11.4. The second-order valence-electron chi connectivity index (χ2n) is 7.07. The summed E-state index contributed by atoms with van der Waals surface area (Å²) in [5.41, 5.74) is 0.299. The van der Waals surface area contributed by atoms with E-state index in [-0.39, 0.29) is 47.8 Å². The molecule has 0 heterocycles. The van der Waals surface area contributed by atoms with E-state index in [4.69, 9.17) is 18.9 Å². The van der Waals surface area contributed by atoms with Gasteiger partial charge in [0.2, 0.25) is 0 Å². The van der Waals surface area contributed by atoms with Crippen LogP contribution in [-0.2, 0) is 28.5 Å². The molecule has 190 valence electrons. The molecule has 0 unspecified atom stereocenters. The first-order valence-corrected chi connectivity index (χ1v) is 13.7. The van der Waals surface area contributed by atoms with Gasteiger partial charge in [-0.1, -0.05) is 26.0 Å². The number of hydrogen-bond donors (Lipinski definition) is 0. The number of hydrogen-bond acceptors (Lipinski definition) is 10. The van der Waals surface area contributed by atoms with Crippen LogP contribution in [0.4, 0.5) is 0 Å². The van der Waals surface area contributed by atoms with Crippen LogP contribution in [0.1, 0.15) is 60.2 Å². The molecule has 0 spiro atoms. The highest BCUT2D eigenvalue weighted by molar-refractivity contribution is 8.00. The number of rotatable bonds is 18. The quantitative estimate of drug-likeness (QED) is 0.161. The summed E-state index contributed by atoms with van der Waals surface area (Å²) in [6.07, 6.45) is 2.73. The number of ether oxygens (including phenoxy) is 4. The van der Waals surface area contributed by atoms with Gasteiger partial charge in [-0.15, -0.1) is 0 Å². The maximum Gasteiger partial charge on any atom is 0.339 e. The maximum absolute atomic E-state index is 12.4. The molecule has 34 heavy (non-hydrogen) atoms. The molecule has 1 aromatic carbocycles. The molecule has 0 radical (unpaired) electrons. The van der Waals surface area contributed by atoms with Crippen molar-refractivity contribution >= 4 is 47.4 Å². The first kappa shape index (κ1) is 29.8. The molecule has 0 saturated carbocycles. The van der Waals surface area contributed by atoms with E-state index in [9.17, 15) is 19.2 Å². The largest absolute Gasteiger partial charge is 0.465 e. The minimum atomic E-state index is -0.596. The lowest BCUT2D eigenvalue weighted by atomic mass is 10.1. The zero-order chi connectivity index (χ0) is 25.0. The highest BCUT2D eigenvalue weighted by Gasteiger charge is 2.19. The van der Waals surface area contributed by atoms with Crippen LogP contribution < -0.4 is 0 Å². The van der Waals surface area contributed by atoms with Gasteiger partial charge in [0, 0.05) is 0 Å². The third-order valence-corrected chi connectivity index (χ3v) is 6.11. The minimum Gasteiger partial charge on any atom is -0.465 e. The van der Waals surface area contributed by atoms with E-state index in [1.54, 1.807) is 12.1 Å². The van der Waals surface area contributed by atoms with Crippen LogP contribution in [0.5, 0.6) is 0 Å². The summed E-state index contributed by atoms with van der Waals surface area (Å²) < 4.78 is 20.5. The van der Waals surface area contributed by atoms with Gasteiger partial charge in [-0.2, -0.15) is 23.5 Å². The summed E-state index contributed by atoms with van der Waals surface area (Å²) in [7, 11) is 0. The van der Waals surface area contributed by atoms with Gasteiger partial charge in [0.1, 0.15) is 0 Å². The lowest BCUT2D eigenvalue weighted by Gasteiger charge is -2.10. The Kier molecular flexibility index (Phi) is 16.8. The monoisotopic (exact) mass is 514 g/mol. The van der Waals surface area contributed by atoms with Crippen LogP contribution in [0.2, 0.25) is 0 Å². The highest BCUT2D eigenvalue weighted by Crippen LogP contribution is 2.13. The molecule has 10 heteroatoms. The zero-order valence-corrected chi connectivity index (χ0v) is 21.5. The normalized spacial score (nSPS) is 10.4. The fourth-order valence-electron chi connectivity index (χ4n) is 2.47. The number of thioether (sulfide) groups is 2. The van der Waals surface area contributed by atoms with Gasteiger partial charge >= 0.3 is 23.9 Å². The van der Waals surface area contributed by atoms with Gasteiger partial charge in [-0.05, 0) is 49.3 Å². The molecule has 0 aromatic heterocycles. The van der Waals surface area contributed by atoms with E-state index in [1.165, 1.54) is 35.7 Å². The number of carbonyl (C=O) groups is 4. The maximum atomic E-state index is 12.4. The van der Waals surface area contributed by atoms with Crippen molar-refractivity contribution in [2.24, 2.45) is 0 Å². The number of benzene rings is 1. The molecule has 0 bridgehead atoms. The second kappa shape index (κ2) is 19.1. The van der Waals surface area contributed by atoms with Crippen molar-refractivity contribution in [3.63, 3.8) is 0 Å². The third kappa shape index (κ3) is 13.5. The predicted molar refractivity (Wildman–Crippen MR) is 133 cm³/mol. The van der Waals surface area contributed by atoms with Gasteiger partial charge in [0.25, 0.3) is 0 Å². The molecule has 1 rings (SSSR count). The Hall–Kier alpha value is -2.20. The van der Waals surface area contributed by atoms with E-state index in [2.05, 4.69) is 0 Å². The molecule has 0 atom stereocenters. The van der Waals surface area contributed by atoms with Crippen LogP contribution in [0.15, 0.2) is 24.3 Å². The molecule has 1 aromatic rings. The number of esters is 4. The van der Waals surface area contributed by atoms with E-state index in [0.717, 1.165) is 12.8 Å². The van der Waals surface area contributed by atoms with Gasteiger partial charge in [0.15, 0.2) is 0 Å². The Labute approximate surface area is 209 Å². The number of carbonyl (C=O) groups excluding carboxylic acids is 4. The van der Waals surface area contributed by atoms with Crippen molar-refractivity contribution < 1.29 is 38.1 Å². The Bertz CT molecular complexity index is 706. The van der Waals surface area contributed by atoms with E-state index in [0.29, 0.717) is 37.6 Å². The molecule has 0 saturated heterocycles. The smallest absolute Gasteiger partial charge is 0.339 e. The topological polar surface area (TPSA) is 105 Å². The second-order valence-corrected chi connectivity index (χ2v) is 9.28. The Morgan fingerprint density at radius 1 is 0.647 bits per heavy atom. The average molecular weight is 515 g/mol. The van der Waals surface area contributed by atoms with Crippen LogP contribution in [0, 0.1) is 0 Å². The van der Waals surface area contributed by atoms with Gasteiger partial charge in [0.05, 0.1) is 49.1 Å². The van der Waals surface area contributed by atoms with Gasteiger partial charge in [-0.3, -0.25) is 9.59 Å². The first-order chi connectivity index (χ1) is 16.5. The minimum absolute atomic E-state index is 0.149. The van der Waals surface area contributed by atoms with Crippen LogP contribution in [0.3, 0.4) is 0 Å². The SMILES string of the molecule is CCCOC(=O)CSCCCOC(=O)c1ccccc1C(=O)OCCCSCC(=O)OCCC. The fourth-order valence-corrected chi connectivity index (χ4v) is 3.91. The Balaban J connectivity index is 2.30. The molecule has 0 aliphatic heterocycles. The molecule has 0 amide bonds. The molecular formula is C24H34O8S2. The third-order valence-electron chi connectivity index (χ3n) is 4.07. The summed E-state index contributed by atoms with van der Waals surface area (Å²) in [5.74, 6) is 0.142. The fraction of sp³-hybridized carbons (Fsp3) is 0.583. The molecule has 0 N–H and O–H groups in total. The summed E-state index contributed by atoms with van der Waals surface area (Å²) in [6, 6.07) is 6.35. The van der Waals surface area contributed by atoms with Crippen molar-refractivity contribution in [2.45, 2.75) is 39.5 Å². The Morgan fingerprint density at radius 3 is 1.44 bits per heavy atom. The van der Waals surface area contributed by atoms with Crippen molar-refractivity contribution in [3.05, 3.63) is 35.4 Å². The van der Waals surface area contributed by atoms with Crippen LogP contribution in [0.25, 0.3) is 0 Å². The lowest BCUT2D eigenvalue weighted by molar-refractivity contribution is -0.141. The van der Waals surface area contributed by atoms with Gasteiger partial charge < -0.3 is 18.9 Å². The molecular weight excluding hydrogens is 480 g/mol. The average Bonchev–Trinajstić information content (AvgIpc) is 2.85. The summed E-state index contributed by atoms with van der Waals surface area (Å²) in [5, 5.41) is 0. The van der Waals surface area contributed by atoms with Crippen molar-refractivity contribution in [3.8, 4) is 0 Å². The highest BCUT2D eigenvalue weighted by atomic mass is 32.2. The lowest BCUT2D eigenvalue weighted by Crippen LogP contribution is -2.15. The van der Waals surface area contributed by atoms with E-state index >= 15 is 0 Å². The van der Waals surface area contributed by atoms with Gasteiger partial charge in [-0.25, -0.2) is 9.59 Å². The van der Waals surface area contributed by atoms with E-state index < -0.39 is 11.9 Å². The standard InChI is InChI=1S/C24H34O8S2/c1-3-11-29-21(25)17-33-15-7-13-31-23(27)19-9-5-6-10-20(19)24(28)32-14-8-16-34-18-22(26)30-12-4-2/h5-6,9-10H,3-4,7-8,11-18H2,1-2H3.